The maximum Gasteiger partial charge on any atom is 0.251 e. The molecule has 2 aromatic carbocycles. The van der Waals surface area contributed by atoms with Crippen LogP contribution in [-0.2, 0) is 6.54 Å². The zero-order valence-electron chi connectivity index (χ0n) is 11.9. The first-order valence-electron chi connectivity index (χ1n) is 6.79. The Kier molecular flexibility index (Phi) is 4.41. The van der Waals surface area contributed by atoms with Crippen molar-refractivity contribution in [3.8, 4) is 0 Å². The van der Waals surface area contributed by atoms with Gasteiger partial charge in [0.25, 0.3) is 5.91 Å². The summed E-state index contributed by atoms with van der Waals surface area (Å²) in [6.07, 6.45) is 0. The molecule has 104 valence electrons. The SMILES string of the molecule is CC(C)c1ccc(CNC(=O)c2cccc(N)c2)cc1. The summed E-state index contributed by atoms with van der Waals surface area (Å²) in [5.41, 5.74) is 9.24. The van der Waals surface area contributed by atoms with Gasteiger partial charge in [0.05, 0.1) is 0 Å². The average Bonchev–Trinajstić information content (AvgIpc) is 2.45. The monoisotopic (exact) mass is 268 g/mol. The number of rotatable bonds is 4. The molecule has 0 bridgehead atoms. The molecule has 3 N–H and O–H groups in total. The molecule has 0 saturated heterocycles. The summed E-state index contributed by atoms with van der Waals surface area (Å²) < 4.78 is 0. The Bertz CT molecular complexity index is 588. The van der Waals surface area contributed by atoms with Gasteiger partial charge in [-0.1, -0.05) is 44.2 Å². The van der Waals surface area contributed by atoms with Gasteiger partial charge in [-0.25, -0.2) is 0 Å². The van der Waals surface area contributed by atoms with E-state index in [0.29, 0.717) is 23.7 Å². The fourth-order valence-corrected chi connectivity index (χ4v) is 1.98. The molecule has 0 aliphatic rings. The third kappa shape index (κ3) is 3.60. The Labute approximate surface area is 119 Å². The standard InChI is InChI=1S/C17H20N2O/c1-12(2)14-8-6-13(7-9-14)11-19-17(20)15-4-3-5-16(18)10-15/h3-10,12H,11,18H2,1-2H3,(H,19,20). The van der Waals surface area contributed by atoms with Crippen LogP contribution in [0.15, 0.2) is 48.5 Å². The van der Waals surface area contributed by atoms with Crippen molar-refractivity contribution in [2.45, 2.75) is 26.3 Å². The highest BCUT2D eigenvalue weighted by atomic mass is 16.1. The van der Waals surface area contributed by atoms with Gasteiger partial charge >= 0.3 is 0 Å². The lowest BCUT2D eigenvalue weighted by molar-refractivity contribution is 0.0951. The second-order valence-electron chi connectivity index (χ2n) is 5.20. The van der Waals surface area contributed by atoms with Crippen LogP contribution < -0.4 is 11.1 Å². The van der Waals surface area contributed by atoms with E-state index in [0.717, 1.165) is 5.56 Å². The summed E-state index contributed by atoms with van der Waals surface area (Å²) in [5.74, 6) is 0.413. The van der Waals surface area contributed by atoms with Crippen LogP contribution in [0.1, 0.15) is 41.3 Å². The van der Waals surface area contributed by atoms with Crippen molar-refractivity contribution >= 4 is 11.6 Å². The Morgan fingerprint density at radius 3 is 2.45 bits per heavy atom. The topological polar surface area (TPSA) is 55.1 Å². The van der Waals surface area contributed by atoms with E-state index >= 15 is 0 Å². The molecule has 0 spiro atoms. The number of anilines is 1. The van der Waals surface area contributed by atoms with Crippen LogP contribution in [0.5, 0.6) is 0 Å². The Morgan fingerprint density at radius 2 is 1.85 bits per heavy atom. The van der Waals surface area contributed by atoms with Crippen molar-refractivity contribution in [2.75, 3.05) is 5.73 Å². The van der Waals surface area contributed by atoms with Crippen LogP contribution in [-0.4, -0.2) is 5.91 Å². The minimum absolute atomic E-state index is 0.106. The molecule has 3 heteroatoms. The van der Waals surface area contributed by atoms with E-state index in [-0.39, 0.29) is 5.91 Å². The van der Waals surface area contributed by atoms with Crippen LogP contribution in [0.3, 0.4) is 0 Å². The summed E-state index contributed by atoms with van der Waals surface area (Å²) in [5, 5.41) is 2.90. The van der Waals surface area contributed by atoms with Crippen LogP contribution in [0.4, 0.5) is 5.69 Å². The Morgan fingerprint density at radius 1 is 1.15 bits per heavy atom. The zero-order chi connectivity index (χ0) is 14.5. The van der Waals surface area contributed by atoms with E-state index in [1.165, 1.54) is 5.56 Å². The van der Waals surface area contributed by atoms with E-state index in [9.17, 15) is 4.79 Å². The zero-order valence-corrected chi connectivity index (χ0v) is 11.9. The summed E-state index contributed by atoms with van der Waals surface area (Å²) in [6, 6.07) is 15.3. The van der Waals surface area contributed by atoms with Gasteiger partial charge in [0.15, 0.2) is 0 Å². The van der Waals surface area contributed by atoms with Gasteiger partial charge in [0.2, 0.25) is 0 Å². The number of hydrogen-bond donors (Lipinski definition) is 2. The smallest absolute Gasteiger partial charge is 0.251 e. The molecule has 1 amide bonds. The fraction of sp³-hybridized carbons (Fsp3) is 0.235. The lowest BCUT2D eigenvalue weighted by Crippen LogP contribution is -2.22. The van der Waals surface area contributed by atoms with Crippen LogP contribution >= 0.6 is 0 Å². The van der Waals surface area contributed by atoms with Gasteiger partial charge < -0.3 is 11.1 Å². The maximum atomic E-state index is 12.0. The van der Waals surface area contributed by atoms with Crippen LogP contribution in [0.2, 0.25) is 0 Å². The molecular weight excluding hydrogens is 248 g/mol. The first-order valence-corrected chi connectivity index (χ1v) is 6.79. The summed E-state index contributed by atoms with van der Waals surface area (Å²) in [6.45, 7) is 4.85. The molecule has 0 unspecified atom stereocenters. The van der Waals surface area contributed by atoms with Crippen molar-refractivity contribution in [3.63, 3.8) is 0 Å². The summed E-state index contributed by atoms with van der Waals surface area (Å²) in [4.78, 5) is 12.0. The van der Waals surface area contributed by atoms with Crippen molar-refractivity contribution in [1.82, 2.24) is 5.32 Å². The van der Waals surface area contributed by atoms with Gasteiger partial charge in [0, 0.05) is 17.8 Å². The van der Waals surface area contributed by atoms with Crippen molar-refractivity contribution in [2.24, 2.45) is 0 Å². The van der Waals surface area contributed by atoms with Crippen molar-refractivity contribution < 1.29 is 4.79 Å². The van der Waals surface area contributed by atoms with Gasteiger partial charge in [-0.2, -0.15) is 0 Å². The number of carbonyl (C=O) groups is 1. The molecule has 0 heterocycles. The number of amides is 1. The molecule has 0 saturated carbocycles. The highest BCUT2D eigenvalue weighted by Crippen LogP contribution is 2.14. The third-order valence-electron chi connectivity index (χ3n) is 3.25. The molecule has 3 nitrogen and oxygen atoms in total. The highest BCUT2D eigenvalue weighted by molar-refractivity contribution is 5.94. The van der Waals surface area contributed by atoms with Gasteiger partial charge in [-0.15, -0.1) is 0 Å². The second-order valence-corrected chi connectivity index (χ2v) is 5.20. The quantitative estimate of drug-likeness (QED) is 0.836. The summed E-state index contributed by atoms with van der Waals surface area (Å²) in [7, 11) is 0. The predicted octanol–water partition coefficient (Wildman–Crippen LogP) is 3.32. The lowest BCUT2D eigenvalue weighted by Gasteiger charge is -2.08. The largest absolute Gasteiger partial charge is 0.399 e. The van der Waals surface area contributed by atoms with E-state index in [1.807, 2.05) is 0 Å². The molecule has 0 fully saturated rings. The number of carbonyl (C=O) groups excluding carboxylic acids is 1. The number of nitrogen functional groups attached to an aromatic ring is 1. The van der Waals surface area contributed by atoms with Crippen LogP contribution in [0, 0.1) is 0 Å². The van der Waals surface area contributed by atoms with Gasteiger partial charge in [-0.05, 0) is 35.2 Å². The van der Waals surface area contributed by atoms with Crippen molar-refractivity contribution in [3.05, 3.63) is 65.2 Å². The molecule has 0 aliphatic carbocycles. The van der Waals surface area contributed by atoms with E-state index in [1.54, 1.807) is 24.3 Å². The normalized spacial score (nSPS) is 10.6. The van der Waals surface area contributed by atoms with Gasteiger partial charge in [0.1, 0.15) is 0 Å². The fourth-order valence-electron chi connectivity index (χ4n) is 1.98. The molecular formula is C17H20N2O. The molecule has 0 aliphatic heterocycles. The average molecular weight is 268 g/mol. The minimum atomic E-state index is -0.106. The Balaban J connectivity index is 1.96. The molecule has 0 atom stereocenters. The number of nitrogens with two attached hydrogens (primary N) is 1. The molecule has 2 rings (SSSR count). The molecule has 0 aromatic heterocycles. The van der Waals surface area contributed by atoms with Gasteiger partial charge in [-0.3, -0.25) is 4.79 Å². The number of benzene rings is 2. The first-order chi connectivity index (χ1) is 9.56. The Hall–Kier alpha value is -2.29. The maximum absolute atomic E-state index is 12.0. The number of hydrogen-bond acceptors (Lipinski definition) is 2. The van der Waals surface area contributed by atoms with Crippen molar-refractivity contribution in [1.29, 1.82) is 0 Å². The first kappa shape index (κ1) is 14.1. The summed E-state index contributed by atoms with van der Waals surface area (Å²) >= 11 is 0. The van der Waals surface area contributed by atoms with E-state index < -0.39 is 0 Å². The molecule has 0 radical (unpaired) electrons. The van der Waals surface area contributed by atoms with E-state index in [4.69, 9.17) is 5.73 Å². The predicted molar refractivity (Wildman–Crippen MR) is 82.6 cm³/mol. The molecule has 20 heavy (non-hydrogen) atoms. The highest BCUT2D eigenvalue weighted by Gasteiger charge is 2.05. The third-order valence-corrected chi connectivity index (χ3v) is 3.25. The minimum Gasteiger partial charge on any atom is -0.399 e. The molecule has 2 aromatic rings. The van der Waals surface area contributed by atoms with Crippen LogP contribution in [0.25, 0.3) is 0 Å². The van der Waals surface area contributed by atoms with E-state index in [2.05, 4.69) is 43.4 Å². The second kappa shape index (κ2) is 6.24. The lowest BCUT2D eigenvalue weighted by atomic mass is 10.0. The number of nitrogens with one attached hydrogen (secondary N) is 1.